The average Bonchev–Trinajstić information content (AvgIpc) is 2.94. The van der Waals surface area contributed by atoms with Gasteiger partial charge < -0.3 is 9.80 Å². The Labute approximate surface area is 242 Å². The van der Waals surface area contributed by atoms with Crippen LogP contribution in [-0.4, -0.2) is 60.9 Å². The molecule has 14 heteroatoms. The van der Waals surface area contributed by atoms with E-state index >= 15 is 0 Å². The zero-order chi connectivity index (χ0) is 31.9. The van der Waals surface area contributed by atoms with Crippen LogP contribution in [0.2, 0.25) is 0 Å². The Bertz CT molecular complexity index is 1290. The molecule has 5 nitrogen and oxygen atoms in total. The number of likely N-dealkylation sites (tertiary alicyclic amines) is 1. The van der Waals surface area contributed by atoms with Gasteiger partial charge in [-0.25, -0.2) is 18.0 Å². The van der Waals surface area contributed by atoms with E-state index in [0.29, 0.717) is 22.6 Å². The van der Waals surface area contributed by atoms with Crippen LogP contribution in [0.5, 0.6) is 0 Å². The van der Waals surface area contributed by atoms with Gasteiger partial charge in [-0.1, -0.05) is 12.1 Å². The number of hydrogen-bond acceptors (Lipinski definition) is 2. The first-order chi connectivity index (χ1) is 19.9. The van der Waals surface area contributed by atoms with Crippen molar-refractivity contribution in [2.75, 3.05) is 32.1 Å². The van der Waals surface area contributed by atoms with Crippen molar-refractivity contribution in [1.82, 2.24) is 9.80 Å². The topological polar surface area (TPSA) is 43.9 Å². The fourth-order valence-electron chi connectivity index (χ4n) is 5.81. The zero-order valence-electron chi connectivity index (χ0n) is 23.3. The lowest BCUT2D eigenvalue weighted by atomic mass is 9.82. The smallest absolute Gasteiger partial charge is 0.342 e. The minimum absolute atomic E-state index is 0.0209. The molecule has 1 saturated carbocycles. The molecular formula is C29H30F9N3O2. The molecule has 2 aromatic rings. The third-order valence-electron chi connectivity index (χ3n) is 8.30. The maximum Gasteiger partial charge on any atom is 0.416 e. The predicted octanol–water partition coefficient (Wildman–Crippen LogP) is 7.56. The van der Waals surface area contributed by atoms with Crippen LogP contribution in [0.3, 0.4) is 0 Å². The van der Waals surface area contributed by atoms with Gasteiger partial charge >= 0.3 is 18.4 Å². The molecule has 2 fully saturated rings. The highest BCUT2D eigenvalue weighted by Crippen LogP contribution is 2.40. The standard InChI is InChI=1S/C29H30F9N3O2/c1-39(22-14-19(28(33,34)35)13-20(15-22)29(36,37)38)26(43)40(2)24-9-12-41(16-23(24)17-3-5-21(30)6-4-17)25(42)18-7-10-27(31,32)11-8-18/h3-6,13-15,18,23-24H,7-12,16H2,1-2H3. The molecule has 1 aliphatic carbocycles. The van der Waals surface area contributed by atoms with Crippen LogP contribution in [0.25, 0.3) is 0 Å². The number of amides is 3. The van der Waals surface area contributed by atoms with Gasteiger partial charge in [-0.2, -0.15) is 26.3 Å². The molecule has 0 radical (unpaired) electrons. The molecule has 0 bridgehead atoms. The lowest BCUT2D eigenvalue weighted by molar-refractivity contribution is -0.143. The van der Waals surface area contributed by atoms with Gasteiger partial charge in [0, 0.05) is 63.6 Å². The van der Waals surface area contributed by atoms with E-state index in [9.17, 15) is 49.1 Å². The minimum Gasteiger partial charge on any atom is -0.342 e. The molecule has 0 N–H and O–H groups in total. The third kappa shape index (κ3) is 7.38. The van der Waals surface area contributed by atoms with E-state index in [2.05, 4.69) is 0 Å². The van der Waals surface area contributed by atoms with Gasteiger partial charge in [0.1, 0.15) is 5.82 Å². The summed E-state index contributed by atoms with van der Waals surface area (Å²) in [6, 6.07) is 4.58. The summed E-state index contributed by atoms with van der Waals surface area (Å²) in [6.07, 6.45) is -10.8. The second kappa shape index (κ2) is 11.9. The molecular weight excluding hydrogens is 593 g/mol. The van der Waals surface area contributed by atoms with Crippen LogP contribution in [0.15, 0.2) is 42.5 Å². The predicted molar refractivity (Wildman–Crippen MR) is 139 cm³/mol. The van der Waals surface area contributed by atoms with E-state index in [4.69, 9.17) is 0 Å². The molecule has 1 aliphatic heterocycles. The Kier molecular flexibility index (Phi) is 8.99. The molecule has 0 aromatic heterocycles. The van der Waals surface area contributed by atoms with Crippen molar-refractivity contribution in [2.24, 2.45) is 5.92 Å². The highest BCUT2D eigenvalue weighted by molar-refractivity contribution is 5.92. The number of benzene rings is 2. The molecule has 2 aliphatic rings. The maximum atomic E-state index is 13.7. The molecule has 2 atom stereocenters. The lowest BCUT2D eigenvalue weighted by Crippen LogP contribution is -2.55. The highest BCUT2D eigenvalue weighted by atomic mass is 19.4. The van der Waals surface area contributed by atoms with Gasteiger partial charge in [0.05, 0.1) is 11.1 Å². The molecule has 4 rings (SSSR count). The number of anilines is 1. The summed E-state index contributed by atoms with van der Waals surface area (Å²) in [7, 11) is 2.40. The van der Waals surface area contributed by atoms with E-state index < -0.39 is 77.7 Å². The summed E-state index contributed by atoms with van der Waals surface area (Å²) in [5.41, 5.74) is -3.23. The van der Waals surface area contributed by atoms with E-state index in [1.807, 2.05) is 0 Å². The van der Waals surface area contributed by atoms with Crippen LogP contribution in [0.4, 0.5) is 50.0 Å². The lowest BCUT2D eigenvalue weighted by Gasteiger charge is -2.44. The van der Waals surface area contributed by atoms with Crippen molar-refractivity contribution < 1.29 is 49.1 Å². The van der Waals surface area contributed by atoms with E-state index in [1.54, 1.807) is 0 Å². The monoisotopic (exact) mass is 623 g/mol. The number of urea groups is 1. The summed E-state index contributed by atoms with van der Waals surface area (Å²) < 4.78 is 122. The Hall–Kier alpha value is -3.45. The minimum atomic E-state index is -5.10. The first-order valence-electron chi connectivity index (χ1n) is 13.6. The Morgan fingerprint density at radius 1 is 0.860 bits per heavy atom. The van der Waals surface area contributed by atoms with Crippen molar-refractivity contribution in [1.29, 1.82) is 0 Å². The molecule has 236 valence electrons. The van der Waals surface area contributed by atoms with E-state index in [0.717, 1.165) is 7.05 Å². The first-order valence-corrected chi connectivity index (χ1v) is 13.6. The molecule has 2 aromatic carbocycles. The largest absolute Gasteiger partial charge is 0.416 e. The summed E-state index contributed by atoms with van der Waals surface area (Å²) in [6.45, 7) is 0.183. The van der Waals surface area contributed by atoms with Gasteiger partial charge in [0.25, 0.3) is 0 Å². The molecule has 43 heavy (non-hydrogen) atoms. The fraction of sp³-hybridized carbons (Fsp3) is 0.517. The number of carbonyl (C=O) groups is 2. The van der Waals surface area contributed by atoms with Gasteiger partial charge in [0.2, 0.25) is 11.8 Å². The normalized spacial score (nSPS) is 21.4. The van der Waals surface area contributed by atoms with Crippen LogP contribution in [0, 0.1) is 11.7 Å². The van der Waals surface area contributed by atoms with Crippen molar-refractivity contribution in [2.45, 2.75) is 62.3 Å². The summed E-state index contributed by atoms with van der Waals surface area (Å²) in [4.78, 5) is 30.2. The fourth-order valence-corrected chi connectivity index (χ4v) is 5.81. The number of hydrogen-bond donors (Lipinski definition) is 0. The second-order valence-electron chi connectivity index (χ2n) is 11.1. The van der Waals surface area contributed by atoms with Crippen LogP contribution in [0.1, 0.15) is 54.7 Å². The quantitative estimate of drug-likeness (QED) is 0.330. The maximum absolute atomic E-state index is 13.7. The number of rotatable bonds is 4. The average molecular weight is 624 g/mol. The Morgan fingerprint density at radius 3 is 1.91 bits per heavy atom. The van der Waals surface area contributed by atoms with Crippen LogP contribution < -0.4 is 4.90 Å². The van der Waals surface area contributed by atoms with Crippen molar-refractivity contribution >= 4 is 17.6 Å². The van der Waals surface area contributed by atoms with Crippen LogP contribution >= 0.6 is 0 Å². The number of piperidine rings is 1. The number of carbonyl (C=O) groups excluding carboxylic acids is 2. The van der Waals surface area contributed by atoms with E-state index in [1.165, 1.54) is 41.1 Å². The van der Waals surface area contributed by atoms with Crippen molar-refractivity contribution in [3.63, 3.8) is 0 Å². The number of likely N-dealkylation sites (N-methyl/N-ethyl adjacent to an activating group) is 1. The molecule has 1 heterocycles. The van der Waals surface area contributed by atoms with Crippen molar-refractivity contribution in [3.8, 4) is 0 Å². The molecule has 2 unspecified atom stereocenters. The van der Waals surface area contributed by atoms with Gasteiger partial charge in [-0.05, 0) is 55.2 Å². The summed E-state index contributed by atoms with van der Waals surface area (Å²) >= 11 is 0. The zero-order valence-corrected chi connectivity index (χ0v) is 23.3. The first kappa shape index (κ1) is 32.5. The highest BCUT2D eigenvalue weighted by Gasteiger charge is 2.43. The van der Waals surface area contributed by atoms with E-state index in [-0.39, 0.29) is 44.3 Å². The van der Waals surface area contributed by atoms with Crippen molar-refractivity contribution in [3.05, 3.63) is 65.0 Å². The third-order valence-corrected chi connectivity index (χ3v) is 8.30. The van der Waals surface area contributed by atoms with Gasteiger partial charge in [-0.15, -0.1) is 0 Å². The molecule has 3 amide bonds. The SMILES string of the molecule is CN(C(=O)N(C)C1CCN(C(=O)C2CCC(F)(F)CC2)CC1c1ccc(F)cc1)c1cc(C(F)(F)F)cc(C(F)(F)F)c1. The molecule has 1 saturated heterocycles. The Morgan fingerprint density at radius 2 is 1.40 bits per heavy atom. The second-order valence-corrected chi connectivity index (χ2v) is 11.1. The number of nitrogens with zero attached hydrogens (tertiary/aromatic N) is 3. The van der Waals surface area contributed by atoms with Gasteiger partial charge in [0.15, 0.2) is 0 Å². The molecule has 0 spiro atoms. The number of alkyl halides is 8. The van der Waals surface area contributed by atoms with Gasteiger partial charge in [-0.3, -0.25) is 9.69 Å². The Balaban J connectivity index is 1.60. The van der Waals surface area contributed by atoms with Crippen LogP contribution in [-0.2, 0) is 17.1 Å². The summed E-state index contributed by atoms with van der Waals surface area (Å²) in [5, 5.41) is 0. The summed E-state index contributed by atoms with van der Waals surface area (Å²) in [5.74, 6) is -4.88. The number of halogens is 9.